The Labute approximate surface area is 152 Å². The number of carbonyl (C=O) groups is 2. The molecule has 0 spiro atoms. The summed E-state index contributed by atoms with van der Waals surface area (Å²) in [6, 6.07) is 2.67. The molecule has 6 heteroatoms. The number of primary amides is 1. The van der Waals surface area contributed by atoms with Crippen LogP contribution >= 0.6 is 0 Å². The lowest BCUT2D eigenvalue weighted by Crippen LogP contribution is -2.34. The van der Waals surface area contributed by atoms with Gasteiger partial charge in [-0.05, 0) is 62.3 Å². The van der Waals surface area contributed by atoms with Gasteiger partial charge in [-0.15, -0.1) is 0 Å². The average Bonchev–Trinajstić information content (AvgIpc) is 3.23. The number of hydrogen-bond donors (Lipinski definition) is 2. The van der Waals surface area contributed by atoms with Crippen molar-refractivity contribution >= 4 is 22.7 Å². The monoisotopic (exact) mass is 357 g/mol. The van der Waals surface area contributed by atoms with Crippen molar-refractivity contribution in [2.24, 2.45) is 5.73 Å². The third kappa shape index (κ3) is 3.64. The first-order chi connectivity index (χ1) is 12.5. The van der Waals surface area contributed by atoms with Crippen molar-refractivity contribution in [1.29, 1.82) is 0 Å². The van der Waals surface area contributed by atoms with Crippen LogP contribution in [0.2, 0.25) is 0 Å². The van der Waals surface area contributed by atoms with Gasteiger partial charge in [-0.25, -0.2) is 4.39 Å². The fraction of sp³-hybridized carbons (Fsp3) is 0.400. The number of carbonyl (C=O) groups excluding carboxylic acids is 2. The molecule has 4 rings (SSSR count). The van der Waals surface area contributed by atoms with Gasteiger partial charge in [-0.3, -0.25) is 9.59 Å². The number of amides is 2. The summed E-state index contributed by atoms with van der Waals surface area (Å²) >= 11 is 0. The lowest BCUT2D eigenvalue weighted by atomic mass is 10.1. The number of H-pyrrole nitrogens is 1. The van der Waals surface area contributed by atoms with Gasteiger partial charge in [-0.2, -0.15) is 0 Å². The van der Waals surface area contributed by atoms with Crippen LogP contribution in [-0.2, 0) is 17.6 Å². The molecule has 2 heterocycles. The summed E-state index contributed by atoms with van der Waals surface area (Å²) in [6.07, 6.45) is 7.95. The summed E-state index contributed by atoms with van der Waals surface area (Å²) in [4.78, 5) is 27.2. The number of aromatic amines is 1. The zero-order valence-electron chi connectivity index (χ0n) is 14.8. The third-order valence-electron chi connectivity index (χ3n) is 5.03. The Bertz CT molecular complexity index is 850. The molecule has 1 saturated heterocycles. The molecule has 0 saturated carbocycles. The Kier molecular flexibility index (Phi) is 5.40. The molecule has 1 aliphatic heterocycles. The standard InChI is InChI=1S/C12H11FN2O.C8H13NO/c13-6-4-8-7-2-1-3-10(7)15-11(8)9(5-6)12(14)16;1-2-8(10)9-6-4-3-5-7-9/h4-5,15H,1-3H2,(H2,14,16);2H,1,3-7H2. The van der Waals surface area contributed by atoms with Gasteiger partial charge < -0.3 is 15.6 Å². The third-order valence-corrected chi connectivity index (χ3v) is 5.03. The second-order valence-corrected chi connectivity index (χ2v) is 6.77. The van der Waals surface area contributed by atoms with Crippen LogP contribution in [-0.4, -0.2) is 34.8 Å². The number of likely N-dealkylation sites (tertiary alicyclic amines) is 1. The van der Waals surface area contributed by atoms with Gasteiger partial charge in [-0.1, -0.05) is 6.58 Å². The number of aryl methyl sites for hydroxylation is 2. The number of fused-ring (bicyclic) bond motifs is 3. The van der Waals surface area contributed by atoms with Crippen molar-refractivity contribution < 1.29 is 14.0 Å². The lowest BCUT2D eigenvalue weighted by molar-refractivity contribution is -0.126. The Morgan fingerprint density at radius 1 is 1.15 bits per heavy atom. The first kappa shape index (κ1) is 18.2. The summed E-state index contributed by atoms with van der Waals surface area (Å²) in [5.74, 6) is -0.917. The van der Waals surface area contributed by atoms with Gasteiger partial charge in [0.1, 0.15) is 5.82 Å². The van der Waals surface area contributed by atoms with Gasteiger partial charge in [0, 0.05) is 24.2 Å². The number of aromatic nitrogens is 1. The number of hydrogen-bond acceptors (Lipinski definition) is 2. The van der Waals surface area contributed by atoms with Gasteiger partial charge >= 0.3 is 0 Å². The van der Waals surface area contributed by atoms with Crippen LogP contribution < -0.4 is 5.73 Å². The Morgan fingerprint density at radius 3 is 2.54 bits per heavy atom. The predicted octanol–water partition coefficient (Wildman–Crippen LogP) is 3.08. The number of rotatable bonds is 2. The van der Waals surface area contributed by atoms with Crippen molar-refractivity contribution in [2.45, 2.75) is 38.5 Å². The summed E-state index contributed by atoms with van der Waals surface area (Å²) in [7, 11) is 0. The Balaban J connectivity index is 0.000000170. The first-order valence-electron chi connectivity index (χ1n) is 9.05. The topological polar surface area (TPSA) is 79.2 Å². The number of nitrogens with two attached hydrogens (primary N) is 1. The molecule has 2 aliphatic rings. The molecule has 0 atom stereocenters. The van der Waals surface area contributed by atoms with E-state index in [1.54, 1.807) is 0 Å². The molecule has 2 aromatic rings. The minimum absolute atomic E-state index is 0.0831. The van der Waals surface area contributed by atoms with Crippen LogP contribution in [0.1, 0.15) is 47.3 Å². The summed E-state index contributed by atoms with van der Waals surface area (Å²) in [5.41, 5.74) is 8.41. The summed E-state index contributed by atoms with van der Waals surface area (Å²) in [5, 5.41) is 0.807. The Hall–Kier alpha value is -2.63. The van der Waals surface area contributed by atoms with Crippen molar-refractivity contribution in [1.82, 2.24) is 9.88 Å². The maximum atomic E-state index is 13.4. The lowest BCUT2D eigenvalue weighted by Gasteiger charge is -2.25. The van der Waals surface area contributed by atoms with E-state index in [0.717, 1.165) is 61.8 Å². The van der Waals surface area contributed by atoms with E-state index in [9.17, 15) is 14.0 Å². The molecule has 1 aliphatic carbocycles. The second kappa shape index (κ2) is 7.72. The fourth-order valence-corrected chi connectivity index (χ4v) is 3.75. The highest BCUT2D eigenvalue weighted by Crippen LogP contribution is 2.32. The highest BCUT2D eigenvalue weighted by molar-refractivity contribution is 6.06. The van der Waals surface area contributed by atoms with E-state index in [2.05, 4.69) is 11.6 Å². The van der Waals surface area contributed by atoms with E-state index in [1.807, 2.05) is 4.90 Å². The largest absolute Gasteiger partial charge is 0.366 e. The van der Waals surface area contributed by atoms with Crippen LogP contribution in [0.15, 0.2) is 24.8 Å². The highest BCUT2D eigenvalue weighted by atomic mass is 19.1. The van der Waals surface area contributed by atoms with Crippen molar-refractivity contribution in [3.8, 4) is 0 Å². The van der Waals surface area contributed by atoms with Gasteiger partial charge in [0.2, 0.25) is 5.91 Å². The molecule has 138 valence electrons. The minimum atomic E-state index is -0.593. The van der Waals surface area contributed by atoms with E-state index >= 15 is 0 Å². The van der Waals surface area contributed by atoms with E-state index in [1.165, 1.54) is 24.6 Å². The molecule has 26 heavy (non-hydrogen) atoms. The van der Waals surface area contributed by atoms with Gasteiger partial charge in [0.25, 0.3) is 5.91 Å². The van der Waals surface area contributed by atoms with Crippen LogP contribution in [0, 0.1) is 5.82 Å². The quantitative estimate of drug-likeness (QED) is 0.810. The van der Waals surface area contributed by atoms with Crippen LogP contribution in [0.25, 0.3) is 10.9 Å². The molecule has 1 aromatic carbocycles. The molecule has 0 bridgehead atoms. The molecule has 1 fully saturated rings. The minimum Gasteiger partial charge on any atom is -0.366 e. The maximum Gasteiger partial charge on any atom is 0.250 e. The summed E-state index contributed by atoms with van der Waals surface area (Å²) < 4.78 is 13.4. The van der Waals surface area contributed by atoms with Gasteiger partial charge in [0.15, 0.2) is 0 Å². The van der Waals surface area contributed by atoms with E-state index in [-0.39, 0.29) is 11.5 Å². The van der Waals surface area contributed by atoms with Gasteiger partial charge in [0.05, 0.1) is 11.1 Å². The number of halogens is 1. The van der Waals surface area contributed by atoms with Crippen molar-refractivity contribution in [3.63, 3.8) is 0 Å². The second-order valence-electron chi connectivity index (χ2n) is 6.77. The predicted molar refractivity (Wildman–Crippen MR) is 99.4 cm³/mol. The first-order valence-corrected chi connectivity index (χ1v) is 9.05. The smallest absolute Gasteiger partial charge is 0.250 e. The molecule has 1 aromatic heterocycles. The van der Waals surface area contributed by atoms with E-state index in [0.29, 0.717) is 5.52 Å². The van der Waals surface area contributed by atoms with Crippen molar-refractivity contribution in [2.75, 3.05) is 13.1 Å². The molecule has 0 radical (unpaired) electrons. The fourth-order valence-electron chi connectivity index (χ4n) is 3.75. The normalized spacial score (nSPS) is 16.0. The Morgan fingerprint density at radius 2 is 1.88 bits per heavy atom. The zero-order chi connectivity index (χ0) is 18.7. The molecular formula is C20H24FN3O2. The van der Waals surface area contributed by atoms with E-state index < -0.39 is 11.7 Å². The van der Waals surface area contributed by atoms with Crippen LogP contribution in [0.3, 0.4) is 0 Å². The van der Waals surface area contributed by atoms with Crippen LogP contribution in [0.4, 0.5) is 4.39 Å². The molecular weight excluding hydrogens is 333 g/mol. The number of benzene rings is 1. The zero-order valence-corrected chi connectivity index (χ0v) is 14.8. The molecule has 2 amide bonds. The van der Waals surface area contributed by atoms with E-state index in [4.69, 9.17) is 5.73 Å². The molecule has 3 N–H and O–H groups in total. The summed E-state index contributed by atoms with van der Waals surface area (Å²) in [6.45, 7) is 5.29. The maximum absolute atomic E-state index is 13.4. The highest BCUT2D eigenvalue weighted by Gasteiger charge is 2.20. The number of nitrogens with one attached hydrogen (secondary N) is 1. The van der Waals surface area contributed by atoms with Crippen molar-refractivity contribution in [3.05, 3.63) is 47.4 Å². The van der Waals surface area contributed by atoms with Crippen LogP contribution in [0.5, 0.6) is 0 Å². The average molecular weight is 357 g/mol. The molecule has 5 nitrogen and oxygen atoms in total. The molecule has 0 unspecified atom stereocenters. The SMILES string of the molecule is C=CC(=O)N1CCCCC1.NC(=O)c1cc(F)cc2c3c([nH]c12)CCC3. The number of nitrogens with zero attached hydrogens (tertiary/aromatic N) is 1. The number of piperidine rings is 1.